The maximum atomic E-state index is 11.6. The van der Waals surface area contributed by atoms with Crippen LogP contribution in [0.2, 0.25) is 0 Å². The summed E-state index contributed by atoms with van der Waals surface area (Å²) in [6.07, 6.45) is 0. The van der Waals surface area contributed by atoms with E-state index in [9.17, 15) is 14.4 Å². The summed E-state index contributed by atoms with van der Waals surface area (Å²) >= 11 is 0. The Hall–Kier alpha value is -2.53. The Kier molecular flexibility index (Phi) is 29.9. The molecule has 0 amide bonds. The fourth-order valence-corrected chi connectivity index (χ4v) is 4.53. The minimum absolute atomic E-state index is 0. The van der Waals surface area contributed by atoms with Gasteiger partial charge in [0.05, 0.1) is 17.1 Å². The molecule has 0 spiro atoms. The minimum atomic E-state index is 0. The monoisotopic (exact) mass is 892 g/mol. The first-order valence-corrected chi connectivity index (χ1v) is 13.5. The molecular formula is C33H42Cl6Fe2N6O3. The number of benzene rings is 3. The predicted molar refractivity (Wildman–Crippen MR) is 211 cm³/mol. The van der Waals surface area contributed by atoms with Gasteiger partial charge in [0.25, 0.3) is 16.7 Å². The zero-order valence-electron chi connectivity index (χ0n) is 28.0. The van der Waals surface area contributed by atoms with Crippen LogP contribution >= 0.6 is 74.4 Å². The molecule has 9 nitrogen and oxygen atoms in total. The van der Waals surface area contributed by atoms with E-state index in [0.29, 0.717) is 0 Å². The van der Waals surface area contributed by atoms with Gasteiger partial charge in [0.2, 0.25) is 0 Å². The molecule has 17 heteroatoms. The van der Waals surface area contributed by atoms with E-state index in [2.05, 4.69) is 0 Å². The Balaban J connectivity index is -0.000000187. The number of rotatable bonds is 3. The Morgan fingerprint density at radius 1 is 0.360 bits per heavy atom. The summed E-state index contributed by atoms with van der Waals surface area (Å²) in [5.41, 5.74) is 5.59. The van der Waals surface area contributed by atoms with Crippen molar-refractivity contribution in [3.8, 4) is 17.1 Å². The van der Waals surface area contributed by atoms with Crippen LogP contribution in [-0.2, 0) is 55.3 Å². The van der Waals surface area contributed by atoms with Crippen molar-refractivity contribution < 1.29 is 34.1 Å². The molecule has 0 fully saturated rings. The van der Waals surface area contributed by atoms with Crippen molar-refractivity contribution in [3.05, 3.63) is 157 Å². The first-order valence-electron chi connectivity index (χ1n) is 13.5. The third kappa shape index (κ3) is 13.5. The molecule has 6 aromatic rings. The maximum absolute atomic E-state index is 11.6. The van der Waals surface area contributed by atoms with Crippen molar-refractivity contribution in [1.82, 2.24) is 28.1 Å². The van der Waals surface area contributed by atoms with Gasteiger partial charge in [0.1, 0.15) is 0 Å². The molecule has 0 saturated heterocycles. The van der Waals surface area contributed by atoms with E-state index < -0.39 is 0 Å². The summed E-state index contributed by atoms with van der Waals surface area (Å²) in [6.45, 7) is 5.75. The van der Waals surface area contributed by atoms with Gasteiger partial charge < -0.3 is 0 Å². The number of para-hydroxylation sites is 3. The number of nitrogens with zero attached hydrogens (tertiary/aromatic N) is 6. The molecule has 0 aliphatic heterocycles. The number of aryl methyl sites for hydroxylation is 3. The van der Waals surface area contributed by atoms with E-state index in [1.54, 1.807) is 32.2 Å². The molecule has 0 N–H and O–H groups in total. The van der Waals surface area contributed by atoms with E-state index in [1.807, 2.05) is 147 Å². The molecule has 0 aliphatic rings. The molecule has 0 unspecified atom stereocenters. The standard InChI is InChI=1S/3C11H12N2O.6ClH.2Fe/c3*1-9-8-11(14)13(12(9)2)10-6-4-3-5-7-10;;;;;;;;/h3*3-8H,1-2H3;6*1H;;. The van der Waals surface area contributed by atoms with Gasteiger partial charge in [-0.05, 0) is 57.2 Å². The molecule has 0 saturated carbocycles. The first-order chi connectivity index (χ1) is 20.1. The molecule has 3 heterocycles. The maximum Gasteiger partial charge on any atom is 0.271 e. The van der Waals surface area contributed by atoms with Crippen LogP contribution in [0.3, 0.4) is 0 Å². The third-order valence-corrected chi connectivity index (χ3v) is 7.06. The van der Waals surface area contributed by atoms with Gasteiger partial charge in [-0.3, -0.25) is 28.4 Å². The molecule has 6 rings (SSSR count). The van der Waals surface area contributed by atoms with Crippen LogP contribution in [-0.4, -0.2) is 28.1 Å². The molecule has 3 aromatic carbocycles. The van der Waals surface area contributed by atoms with Gasteiger partial charge in [-0.1, -0.05) is 54.6 Å². The average Bonchev–Trinajstić information content (AvgIpc) is 3.51. The second-order valence-electron chi connectivity index (χ2n) is 9.88. The van der Waals surface area contributed by atoms with Crippen molar-refractivity contribution in [3.63, 3.8) is 0 Å². The smallest absolute Gasteiger partial charge is 0.271 e. The van der Waals surface area contributed by atoms with Crippen molar-refractivity contribution in [2.45, 2.75) is 20.8 Å². The Morgan fingerprint density at radius 3 is 0.680 bits per heavy atom. The molecular weight excluding hydrogens is 853 g/mol. The molecule has 0 radical (unpaired) electrons. The van der Waals surface area contributed by atoms with E-state index >= 15 is 0 Å². The molecule has 280 valence electrons. The normalized spacial score (nSPS) is 8.76. The van der Waals surface area contributed by atoms with E-state index in [4.69, 9.17) is 0 Å². The van der Waals surface area contributed by atoms with Gasteiger partial charge >= 0.3 is 0 Å². The van der Waals surface area contributed by atoms with Crippen LogP contribution in [0.1, 0.15) is 17.1 Å². The Bertz CT molecular complexity index is 1750. The van der Waals surface area contributed by atoms with Crippen molar-refractivity contribution >= 4 is 74.4 Å². The van der Waals surface area contributed by atoms with Gasteiger partial charge in [-0.15, -0.1) is 74.4 Å². The summed E-state index contributed by atoms with van der Waals surface area (Å²) in [7, 11) is 5.64. The molecule has 0 atom stereocenters. The van der Waals surface area contributed by atoms with Gasteiger partial charge in [-0.25, -0.2) is 14.0 Å². The largest absolute Gasteiger partial charge is 0.285 e. The third-order valence-electron chi connectivity index (χ3n) is 7.06. The minimum Gasteiger partial charge on any atom is -0.285 e. The molecule has 50 heavy (non-hydrogen) atoms. The van der Waals surface area contributed by atoms with Crippen LogP contribution in [0, 0.1) is 20.8 Å². The number of aromatic nitrogens is 6. The summed E-state index contributed by atoms with van der Waals surface area (Å²) in [5, 5.41) is 0. The second-order valence-corrected chi connectivity index (χ2v) is 9.88. The van der Waals surface area contributed by atoms with E-state index in [1.165, 1.54) is 0 Å². The van der Waals surface area contributed by atoms with Crippen LogP contribution in [0.4, 0.5) is 0 Å². The fraction of sp³-hybridized carbons (Fsp3) is 0.182. The molecule has 0 bridgehead atoms. The Morgan fingerprint density at radius 2 is 0.540 bits per heavy atom. The second kappa shape index (κ2) is 26.3. The van der Waals surface area contributed by atoms with Crippen LogP contribution in [0.15, 0.2) is 124 Å². The summed E-state index contributed by atoms with van der Waals surface area (Å²) in [4.78, 5) is 34.8. The number of hydrogen-bond donors (Lipinski definition) is 0. The summed E-state index contributed by atoms with van der Waals surface area (Å²) < 4.78 is 10.5. The van der Waals surface area contributed by atoms with Crippen LogP contribution in [0.25, 0.3) is 17.1 Å². The molecule has 0 aliphatic carbocycles. The quantitative estimate of drug-likeness (QED) is 0.180. The fourth-order valence-electron chi connectivity index (χ4n) is 4.53. The van der Waals surface area contributed by atoms with Crippen molar-refractivity contribution in [2.24, 2.45) is 21.1 Å². The number of hydrogen-bond acceptors (Lipinski definition) is 3. The van der Waals surface area contributed by atoms with Crippen molar-refractivity contribution in [1.29, 1.82) is 0 Å². The van der Waals surface area contributed by atoms with Crippen LogP contribution < -0.4 is 16.7 Å². The number of halogens is 6. The average molecular weight is 895 g/mol. The van der Waals surface area contributed by atoms with Crippen molar-refractivity contribution in [2.75, 3.05) is 0 Å². The molecule has 3 aromatic heterocycles. The topological polar surface area (TPSA) is 80.8 Å². The van der Waals surface area contributed by atoms with Gasteiger partial charge in [0.15, 0.2) is 0 Å². The van der Waals surface area contributed by atoms with E-state index in [-0.39, 0.29) is 125 Å². The zero-order chi connectivity index (χ0) is 30.4. The van der Waals surface area contributed by atoms with Gasteiger partial charge in [0, 0.05) is 90.6 Å². The summed E-state index contributed by atoms with van der Waals surface area (Å²) in [5.74, 6) is 0. The van der Waals surface area contributed by atoms with E-state index in [0.717, 1.165) is 34.1 Å². The zero-order valence-corrected chi connectivity index (χ0v) is 35.1. The first kappa shape index (κ1) is 56.8. The SMILES string of the molecule is Cc1cc(=O)n(-c2ccccc2)n1C.Cc1cc(=O)n(-c2ccccc2)n1C.Cc1cc(=O)n(-c2ccccc2)n1C.Cl.Cl.Cl.Cl.Cl.Cl.[Fe].[Fe]. The van der Waals surface area contributed by atoms with Gasteiger partial charge in [-0.2, -0.15) is 0 Å². The summed E-state index contributed by atoms with van der Waals surface area (Å²) in [6, 6.07) is 33.7. The van der Waals surface area contributed by atoms with Crippen LogP contribution in [0.5, 0.6) is 0 Å². The Labute approximate surface area is 350 Å². The predicted octanol–water partition coefficient (Wildman–Crippen LogP) is 6.98.